The number of rotatable bonds is 1. The van der Waals surface area contributed by atoms with Gasteiger partial charge in [-0.25, -0.2) is 0 Å². The van der Waals surface area contributed by atoms with Gasteiger partial charge in [-0.3, -0.25) is 0 Å². The van der Waals surface area contributed by atoms with Gasteiger partial charge in [-0.1, -0.05) is 20.3 Å². The Morgan fingerprint density at radius 2 is 0.870 bits per heavy atom. The number of hydrogen-bond acceptors (Lipinski definition) is 0. The Balaban J connectivity index is 0.000000106. The summed E-state index contributed by atoms with van der Waals surface area (Å²) in [6, 6.07) is 0. The monoisotopic (exact) mass is 314 g/mol. The molecule has 0 unspecified atom stereocenters. The van der Waals surface area contributed by atoms with Crippen LogP contribution in [0.1, 0.15) is 97.3 Å². The van der Waals surface area contributed by atoms with E-state index in [2.05, 4.69) is 13.8 Å². The Labute approximate surface area is 144 Å². The van der Waals surface area contributed by atoms with Crippen LogP contribution in [0.5, 0.6) is 0 Å². The predicted octanol–water partition coefficient (Wildman–Crippen LogP) is 6.84. The van der Waals surface area contributed by atoms with E-state index in [0.29, 0.717) is 0 Å². The predicted molar refractivity (Wildman–Crippen MR) is 97.2 cm³/mol. The first-order valence-corrected chi connectivity index (χ1v) is 11.0. The Bertz CT molecular complexity index is 388. The van der Waals surface area contributed by atoms with E-state index in [1.165, 1.54) is 6.42 Å². The van der Waals surface area contributed by atoms with Crippen LogP contribution in [0.4, 0.5) is 0 Å². The van der Waals surface area contributed by atoms with Gasteiger partial charge in [0.25, 0.3) is 0 Å². The second-order valence-electron chi connectivity index (χ2n) is 11.5. The summed E-state index contributed by atoms with van der Waals surface area (Å²) in [5.41, 5.74) is 1.64. The molecule has 8 aliphatic carbocycles. The van der Waals surface area contributed by atoms with E-state index in [1.54, 1.807) is 77.0 Å². The minimum atomic E-state index is 0.800. The zero-order chi connectivity index (χ0) is 15.7. The molecule has 0 amide bonds. The third-order valence-electron chi connectivity index (χ3n) is 9.26. The summed E-state index contributed by atoms with van der Waals surface area (Å²) in [6.45, 7) is 4.96. The Morgan fingerprint density at radius 1 is 0.565 bits per heavy atom. The van der Waals surface area contributed by atoms with Gasteiger partial charge in [0.05, 0.1) is 0 Å². The maximum Gasteiger partial charge on any atom is -0.0292 e. The minimum absolute atomic E-state index is 0.800. The van der Waals surface area contributed by atoms with E-state index in [4.69, 9.17) is 0 Å². The smallest absolute Gasteiger partial charge is 0.0292 e. The second kappa shape index (κ2) is 5.25. The second-order valence-corrected chi connectivity index (χ2v) is 11.5. The van der Waals surface area contributed by atoms with Crippen molar-refractivity contribution in [3.05, 3.63) is 0 Å². The first kappa shape index (κ1) is 15.3. The molecular formula is C23H38. The van der Waals surface area contributed by atoms with Crippen LogP contribution in [0, 0.1) is 46.3 Å². The van der Waals surface area contributed by atoms with Crippen molar-refractivity contribution in [1.82, 2.24) is 0 Å². The normalized spacial score (nSPS) is 58.2. The molecule has 8 bridgehead atoms. The van der Waals surface area contributed by atoms with Crippen LogP contribution in [0.2, 0.25) is 0 Å². The van der Waals surface area contributed by atoms with Gasteiger partial charge in [-0.05, 0) is 123 Å². The van der Waals surface area contributed by atoms with E-state index in [-0.39, 0.29) is 0 Å². The summed E-state index contributed by atoms with van der Waals surface area (Å²) in [6.07, 6.45) is 20.5. The fraction of sp³-hybridized carbons (Fsp3) is 1.00. The molecule has 0 aromatic rings. The van der Waals surface area contributed by atoms with Crippen LogP contribution in [0.15, 0.2) is 0 Å². The lowest BCUT2D eigenvalue weighted by molar-refractivity contribution is -0.0545. The molecule has 8 fully saturated rings. The van der Waals surface area contributed by atoms with Crippen LogP contribution in [-0.4, -0.2) is 0 Å². The van der Waals surface area contributed by atoms with E-state index >= 15 is 0 Å². The van der Waals surface area contributed by atoms with Crippen molar-refractivity contribution in [3.63, 3.8) is 0 Å². The molecule has 0 aromatic carbocycles. The van der Waals surface area contributed by atoms with Crippen LogP contribution in [0.3, 0.4) is 0 Å². The van der Waals surface area contributed by atoms with Crippen molar-refractivity contribution in [2.24, 2.45) is 46.3 Å². The van der Waals surface area contributed by atoms with Gasteiger partial charge in [-0.2, -0.15) is 0 Å². The standard InChI is InChI=1S/C12H20.C11H18/c1-2-12-6-9-3-10(7-12)5-11(4-9)8-12;1-11-5-8-2-9(6-11)4-10(3-8)7-11/h9-11H,2-8H2,1H3;8-10H,2-7H2,1H3. The van der Waals surface area contributed by atoms with Crippen molar-refractivity contribution < 1.29 is 0 Å². The largest absolute Gasteiger partial charge is 0.0649 e. The highest BCUT2D eigenvalue weighted by molar-refractivity contribution is 5.01. The van der Waals surface area contributed by atoms with Crippen LogP contribution in [0.25, 0.3) is 0 Å². The molecule has 0 heteroatoms. The number of hydrogen-bond donors (Lipinski definition) is 0. The lowest BCUT2D eigenvalue weighted by Crippen LogP contribution is -2.45. The van der Waals surface area contributed by atoms with Gasteiger partial charge >= 0.3 is 0 Å². The molecule has 0 radical (unpaired) electrons. The SMILES string of the molecule is CC12CC3CC(CC(C3)C1)C2.CCC12CC3CC(CC(C3)C1)C2. The van der Waals surface area contributed by atoms with Crippen molar-refractivity contribution in [2.75, 3.05) is 0 Å². The van der Waals surface area contributed by atoms with Gasteiger partial charge in [0.15, 0.2) is 0 Å². The highest BCUT2D eigenvalue weighted by atomic mass is 14.5. The van der Waals surface area contributed by atoms with Crippen molar-refractivity contribution >= 4 is 0 Å². The van der Waals surface area contributed by atoms with E-state index in [0.717, 1.165) is 46.3 Å². The molecule has 8 saturated carbocycles. The molecule has 8 rings (SSSR count). The fourth-order valence-electron chi connectivity index (χ4n) is 9.27. The quantitative estimate of drug-likeness (QED) is 0.497. The summed E-state index contributed by atoms with van der Waals surface area (Å²) in [7, 11) is 0. The molecule has 0 nitrogen and oxygen atoms in total. The molecule has 0 aliphatic heterocycles. The van der Waals surface area contributed by atoms with Crippen molar-refractivity contribution in [1.29, 1.82) is 0 Å². The molecule has 0 aromatic heterocycles. The zero-order valence-corrected chi connectivity index (χ0v) is 15.7. The third-order valence-corrected chi connectivity index (χ3v) is 9.26. The third kappa shape index (κ3) is 2.71. The summed E-state index contributed by atoms with van der Waals surface area (Å²) < 4.78 is 0. The van der Waals surface area contributed by atoms with Gasteiger partial charge in [-0.15, -0.1) is 0 Å². The average Bonchev–Trinajstić information content (AvgIpc) is 2.44. The van der Waals surface area contributed by atoms with Gasteiger partial charge < -0.3 is 0 Å². The lowest BCUT2D eigenvalue weighted by Gasteiger charge is -2.56. The highest BCUT2D eigenvalue weighted by Gasteiger charge is 2.50. The lowest BCUT2D eigenvalue weighted by atomic mass is 9.49. The maximum absolute atomic E-state index is 2.54. The molecule has 23 heavy (non-hydrogen) atoms. The van der Waals surface area contributed by atoms with E-state index < -0.39 is 0 Å². The minimum Gasteiger partial charge on any atom is -0.0649 e. The molecule has 0 saturated heterocycles. The van der Waals surface area contributed by atoms with Crippen molar-refractivity contribution in [2.45, 2.75) is 97.3 Å². The van der Waals surface area contributed by atoms with Gasteiger partial charge in [0, 0.05) is 0 Å². The Hall–Kier alpha value is 0. The maximum atomic E-state index is 2.54. The van der Waals surface area contributed by atoms with Gasteiger partial charge in [0.2, 0.25) is 0 Å². The van der Waals surface area contributed by atoms with E-state index in [1.807, 2.05) is 0 Å². The first-order valence-electron chi connectivity index (χ1n) is 11.0. The molecular weight excluding hydrogens is 276 g/mol. The highest BCUT2D eigenvalue weighted by Crippen LogP contribution is 2.61. The zero-order valence-electron chi connectivity index (χ0n) is 15.7. The summed E-state index contributed by atoms with van der Waals surface area (Å²) in [5.74, 6) is 6.88. The first-order chi connectivity index (χ1) is 11.0. The molecule has 0 heterocycles. The average molecular weight is 315 g/mol. The van der Waals surface area contributed by atoms with Crippen LogP contribution < -0.4 is 0 Å². The molecule has 8 aliphatic rings. The van der Waals surface area contributed by atoms with E-state index in [9.17, 15) is 0 Å². The molecule has 0 N–H and O–H groups in total. The molecule has 0 spiro atoms. The van der Waals surface area contributed by atoms with Crippen LogP contribution >= 0.6 is 0 Å². The molecule has 130 valence electrons. The van der Waals surface area contributed by atoms with Crippen molar-refractivity contribution in [3.8, 4) is 0 Å². The Kier molecular flexibility index (Phi) is 3.48. The summed E-state index contributed by atoms with van der Waals surface area (Å²) in [4.78, 5) is 0. The summed E-state index contributed by atoms with van der Waals surface area (Å²) >= 11 is 0. The van der Waals surface area contributed by atoms with Crippen LogP contribution in [-0.2, 0) is 0 Å². The van der Waals surface area contributed by atoms with Gasteiger partial charge in [0.1, 0.15) is 0 Å². The fourth-order valence-corrected chi connectivity index (χ4v) is 9.27. The topological polar surface area (TPSA) is 0 Å². The summed E-state index contributed by atoms with van der Waals surface area (Å²) in [5, 5.41) is 0. The Morgan fingerprint density at radius 3 is 1.13 bits per heavy atom. The molecule has 0 atom stereocenters.